The zero-order valence-electron chi connectivity index (χ0n) is 18.3. The lowest BCUT2D eigenvalue weighted by molar-refractivity contribution is -0.142. The van der Waals surface area contributed by atoms with Crippen LogP contribution in [0.4, 0.5) is 0 Å². The Kier molecular flexibility index (Phi) is 8.90. The van der Waals surface area contributed by atoms with Crippen molar-refractivity contribution in [1.82, 2.24) is 10.2 Å². The molecule has 2 aromatic carbocycles. The molecule has 0 bridgehead atoms. The summed E-state index contributed by atoms with van der Waals surface area (Å²) in [5.41, 5.74) is 1.99. The molecule has 2 rings (SSSR count). The third kappa shape index (κ3) is 6.87. The molecule has 2 aromatic rings. The molecule has 6 heteroatoms. The number of carbonyl (C=O) groups is 2. The zero-order valence-corrected chi connectivity index (χ0v) is 19.9. The third-order valence-electron chi connectivity index (χ3n) is 4.73. The van der Waals surface area contributed by atoms with Crippen LogP contribution in [0.15, 0.2) is 53.0 Å². The molecular formula is C24H31BrN2O3. The summed E-state index contributed by atoms with van der Waals surface area (Å²) in [5.74, 6) is 0.559. The van der Waals surface area contributed by atoms with E-state index in [9.17, 15) is 9.59 Å². The van der Waals surface area contributed by atoms with E-state index in [2.05, 4.69) is 35.1 Å². The van der Waals surface area contributed by atoms with Gasteiger partial charge in [0.2, 0.25) is 5.91 Å². The van der Waals surface area contributed by atoms with Crippen LogP contribution in [0.3, 0.4) is 0 Å². The largest absolute Gasteiger partial charge is 0.483 e. The maximum atomic E-state index is 13.1. The third-order valence-corrected chi connectivity index (χ3v) is 5.23. The Labute approximate surface area is 187 Å². The fourth-order valence-corrected chi connectivity index (χ4v) is 3.58. The predicted molar refractivity (Wildman–Crippen MR) is 123 cm³/mol. The lowest BCUT2D eigenvalue weighted by atomic mass is 10.0. The molecule has 0 fully saturated rings. The maximum Gasteiger partial charge on any atom is 0.261 e. The highest BCUT2D eigenvalue weighted by Crippen LogP contribution is 2.26. The van der Waals surface area contributed by atoms with E-state index in [1.54, 1.807) is 11.8 Å². The first-order chi connectivity index (χ1) is 14.2. The summed E-state index contributed by atoms with van der Waals surface area (Å²) in [4.78, 5) is 27.3. The number of nitrogens with zero attached hydrogens (tertiary/aromatic N) is 1. The first-order valence-corrected chi connectivity index (χ1v) is 11.0. The molecular weight excluding hydrogens is 444 g/mol. The van der Waals surface area contributed by atoms with Crippen molar-refractivity contribution >= 4 is 27.7 Å². The van der Waals surface area contributed by atoms with E-state index in [0.717, 1.165) is 15.6 Å². The van der Waals surface area contributed by atoms with Gasteiger partial charge in [-0.2, -0.15) is 0 Å². The molecule has 1 N–H and O–H groups in total. The van der Waals surface area contributed by atoms with Crippen LogP contribution in [0.25, 0.3) is 0 Å². The summed E-state index contributed by atoms with van der Waals surface area (Å²) in [5, 5.41) is 2.89. The molecule has 0 aliphatic rings. The molecule has 0 aromatic heterocycles. The summed E-state index contributed by atoms with van der Waals surface area (Å²) >= 11 is 3.46. The van der Waals surface area contributed by atoms with Crippen LogP contribution in [0.5, 0.6) is 5.75 Å². The van der Waals surface area contributed by atoms with Gasteiger partial charge in [-0.05, 0) is 56.0 Å². The standard InChI is InChI=1S/C24H31BrN2O3/c1-16(2)21-11-6-7-12-22(21)30-15-23(28)27(18(5)24(29)26-17(3)4)14-19-9-8-10-20(25)13-19/h6-13,16-18H,14-15H2,1-5H3,(H,26,29)/t18-/m1/s1. The van der Waals surface area contributed by atoms with Gasteiger partial charge in [0, 0.05) is 17.1 Å². The van der Waals surface area contributed by atoms with E-state index in [0.29, 0.717) is 12.3 Å². The summed E-state index contributed by atoms with van der Waals surface area (Å²) in [6, 6.07) is 14.8. The number of hydrogen-bond donors (Lipinski definition) is 1. The van der Waals surface area contributed by atoms with Crippen LogP contribution >= 0.6 is 15.9 Å². The second kappa shape index (κ2) is 11.2. The Morgan fingerprint density at radius 2 is 1.73 bits per heavy atom. The monoisotopic (exact) mass is 474 g/mol. The SMILES string of the molecule is CC(C)NC(=O)[C@@H](C)N(Cc1cccc(Br)c1)C(=O)COc1ccccc1C(C)C. The Hall–Kier alpha value is -2.34. The minimum absolute atomic E-state index is 0.00283. The van der Waals surface area contributed by atoms with Gasteiger partial charge in [0.05, 0.1) is 0 Å². The van der Waals surface area contributed by atoms with Crippen molar-refractivity contribution in [3.05, 3.63) is 64.1 Å². The molecule has 30 heavy (non-hydrogen) atoms. The highest BCUT2D eigenvalue weighted by molar-refractivity contribution is 9.10. The fourth-order valence-electron chi connectivity index (χ4n) is 3.13. The van der Waals surface area contributed by atoms with Crippen molar-refractivity contribution in [3.63, 3.8) is 0 Å². The first kappa shape index (κ1) is 23.9. The van der Waals surface area contributed by atoms with E-state index in [1.165, 1.54) is 0 Å². The topological polar surface area (TPSA) is 58.6 Å². The van der Waals surface area contributed by atoms with Crippen LogP contribution in [0, 0.1) is 0 Å². The van der Waals surface area contributed by atoms with E-state index < -0.39 is 6.04 Å². The normalized spacial score (nSPS) is 12.0. The number of benzene rings is 2. The number of nitrogens with one attached hydrogen (secondary N) is 1. The van der Waals surface area contributed by atoms with Crippen molar-refractivity contribution in [2.75, 3.05) is 6.61 Å². The number of para-hydroxylation sites is 1. The van der Waals surface area contributed by atoms with Gasteiger partial charge in [0.25, 0.3) is 5.91 Å². The van der Waals surface area contributed by atoms with Crippen LogP contribution < -0.4 is 10.1 Å². The molecule has 0 saturated carbocycles. The van der Waals surface area contributed by atoms with Gasteiger partial charge in [-0.15, -0.1) is 0 Å². The van der Waals surface area contributed by atoms with E-state index in [4.69, 9.17) is 4.74 Å². The Bertz CT molecular complexity index is 867. The first-order valence-electron chi connectivity index (χ1n) is 10.2. The fraction of sp³-hybridized carbons (Fsp3) is 0.417. The molecule has 0 unspecified atom stereocenters. The van der Waals surface area contributed by atoms with Crippen molar-refractivity contribution in [1.29, 1.82) is 0 Å². The quantitative estimate of drug-likeness (QED) is 0.562. The summed E-state index contributed by atoms with van der Waals surface area (Å²) in [6.45, 7) is 9.91. The minimum atomic E-state index is -0.622. The summed E-state index contributed by atoms with van der Waals surface area (Å²) < 4.78 is 6.81. The molecule has 0 spiro atoms. The number of hydrogen-bond acceptors (Lipinski definition) is 3. The average Bonchev–Trinajstić information content (AvgIpc) is 2.69. The maximum absolute atomic E-state index is 13.1. The van der Waals surface area contributed by atoms with Gasteiger partial charge in [0.15, 0.2) is 6.61 Å². The number of amides is 2. The minimum Gasteiger partial charge on any atom is -0.483 e. The summed E-state index contributed by atoms with van der Waals surface area (Å²) in [6.07, 6.45) is 0. The lowest BCUT2D eigenvalue weighted by Crippen LogP contribution is -2.50. The Balaban J connectivity index is 2.20. The second-order valence-corrected chi connectivity index (χ2v) is 8.89. The van der Waals surface area contributed by atoms with Gasteiger partial charge >= 0.3 is 0 Å². The molecule has 0 radical (unpaired) electrons. The number of halogens is 1. The zero-order chi connectivity index (χ0) is 22.3. The van der Waals surface area contributed by atoms with E-state index >= 15 is 0 Å². The van der Waals surface area contributed by atoms with Gasteiger partial charge in [-0.25, -0.2) is 0 Å². The molecule has 2 amide bonds. The Morgan fingerprint density at radius 1 is 1.03 bits per heavy atom. The van der Waals surface area contributed by atoms with E-state index in [1.807, 2.05) is 62.4 Å². The average molecular weight is 475 g/mol. The molecule has 5 nitrogen and oxygen atoms in total. The van der Waals surface area contributed by atoms with Gasteiger partial charge in [-0.1, -0.05) is 60.1 Å². The van der Waals surface area contributed by atoms with Gasteiger partial charge < -0.3 is 15.0 Å². The number of carbonyl (C=O) groups excluding carboxylic acids is 2. The van der Waals surface area contributed by atoms with Crippen LogP contribution in [0.1, 0.15) is 51.7 Å². The van der Waals surface area contributed by atoms with Gasteiger partial charge in [0.1, 0.15) is 11.8 Å². The van der Waals surface area contributed by atoms with Crippen molar-refractivity contribution < 1.29 is 14.3 Å². The van der Waals surface area contributed by atoms with E-state index in [-0.39, 0.29) is 30.4 Å². The lowest BCUT2D eigenvalue weighted by Gasteiger charge is -2.29. The van der Waals surface area contributed by atoms with Crippen molar-refractivity contribution in [2.45, 2.75) is 59.2 Å². The predicted octanol–water partition coefficient (Wildman–Crippen LogP) is 4.89. The molecule has 0 saturated heterocycles. The van der Waals surface area contributed by atoms with Crippen molar-refractivity contribution in [3.8, 4) is 5.75 Å². The van der Waals surface area contributed by atoms with Crippen LogP contribution in [-0.4, -0.2) is 35.4 Å². The number of rotatable bonds is 9. The second-order valence-electron chi connectivity index (χ2n) is 7.97. The molecule has 0 aliphatic heterocycles. The molecule has 1 atom stereocenters. The molecule has 162 valence electrons. The van der Waals surface area contributed by atoms with Crippen LogP contribution in [-0.2, 0) is 16.1 Å². The van der Waals surface area contributed by atoms with Gasteiger partial charge in [-0.3, -0.25) is 9.59 Å². The number of ether oxygens (including phenoxy) is 1. The smallest absolute Gasteiger partial charge is 0.261 e. The highest BCUT2D eigenvalue weighted by Gasteiger charge is 2.27. The molecule has 0 heterocycles. The Morgan fingerprint density at radius 3 is 2.37 bits per heavy atom. The molecule has 0 aliphatic carbocycles. The highest BCUT2D eigenvalue weighted by atomic mass is 79.9. The van der Waals surface area contributed by atoms with Crippen molar-refractivity contribution in [2.24, 2.45) is 0 Å². The van der Waals surface area contributed by atoms with Crippen LogP contribution in [0.2, 0.25) is 0 Å². The summed E-state index contributed by atoms with van der Waals surface area (Å²) in [7, 11) is 0.